The lowest BCUT2D eigenvalue weighted by Crippen LogP contribution is -2.48. The van der Waals surface area contributed by atoms with Crippen LogP contribution in [0.25, 0.3) is 11.3 Å². The average molecular weight is 335 g/mol. The second-order valence-corrected chi connectivity index (χ2v) is 5.81. The second kappa shape index (κ2) is 6.42. The predicted octanol–water partition coefficient (Wildman–Crippen LogP) is 3.07. The molecule has 1 N–H and O–H groups in total. The molecule has 6 nitrogen and oxygen atoms in total. The maximum atomic E-state index is 12.6. The third kappa shape index (κ3) is 3.07. The average Bonchev–Trinajstić information content (AvgIpc) is 3.04. The van der Waals surface area contributed by atoms with Crippen molar-refractivity contribution in [2.75, 3.05) is 6.54 Å². The Morgan fingerprint density at radius 2 is 2.09 bits per heavy atom. The van der Waals surface area contributed by atoms with Crippen LogP contribution in [0.5, 0.6) is 0 Å². The van der Waals surface area contributed by atoms with Crippen molar-refractivity contribution < 1.29 is 19.2 Å². The quantitative estimate of drug-likeness (QED) is 0.932. The van der Waals surface area contributed by atoms with Crippen molar-refractivity contribution in [3.63, 3.8) is 0 Å². The fraction of sp³-hybridized carbons (Fsp3) is 0.312. The van der Waals surface area contributed by atoms with Gasteiger partial charge in [-0.1, -0.05) is 28.9 Å². The number of carbonyl (C=O) groups excluding carboxylic acids is 1. The summed E-state index contributed by atoms with van der Waals surface area (Å²) in [6.07, 6.45) is 2.03. The van der Waals surface area contributed by atoms with Gasteiger partial charge in [-0.3, -0.25) is 4.79 Å². The van der Waals surface area contributed by atoms with Crippen LogP contribution in [0.4, 0.5) is 0 Å². The van der Waals surface area contributed by atoms with Crippen molar-refractivity contribution >= 4 is 23.5 Å². The van der Waals surface area contributed by atoms with E-state index >= 15 is 0 Å². The lowest BCUT2D eigenvalue weighted by Gasteiger charge is -2.32. The number of halogens is 1. The number of aliphatic carboxylic acids is 1. The maximum absolute atomic E-state index is 12.6. The van der Waals surface area contributed by atoms with Gasteiger partial charge in [-0.25, -0.2) is 4.79 Å². The highest BCUT2D eigenvalue weighted by Gasteiger charge is 2.33. The van der Waals surface area contributed by atoms with E-state index in [0.717, 1.165) is 12.8 Å². The monoisotopic (exact) mass is 334 g/mol. The third-order valence-corrected chi connectivity index (χ3v) is 4.25. The molecule has 1 aromatic carbocycles. The molecular formula is C16H15ClN2O4. The van der Waals surface area contributed by atoms with Gasteiger partial charge in [-0.05, 0) is 31.4 Å². The Kier molecular flexibility index (Phi) is 4.34. The zero-order chi connectivity index (χ0) is 16.4. The van der Waals surface area contributed by atoms with E-state index in [9.17, 15) is 14.7 Å². The third-order valence-electron chi connectivity index (χ3n) is 3.92. The zero-order valence-electron chi connectivity index (χ0n) is 12.2. The Hall–Kier alpha value is -2.34. The lowest BCUT2D eigenvalue weighted by atomic mass is 10.0. The van der Waals surface area contributed by atoms with E-state index in [1.165, 1.54) is 11.0 Å². The molecule has 2 heterocycles. The van der Waals surface area contributed by atoms with Crippen LogP contribution < -0.4 is 0 Å². The van der Waals surface area contributed by atoms with Gasteiger partial charge in [0.2, 0.25) is 0 Å². The van der Waals surface area contributed by atoms with Crippen LogP contribution in [0.3, 0.4) is 0 Å². The fourth-order valence-corrected chi connectivity index (χ4v) is 2.97. The van der Waals surface area contributed by atoms with E-state index in [1.54, 1.807) is 24.3 Å². The molecule has 1 unspecified atom stereocenters. The number of piperidine rings is 1. The number of nitrogens with zero attached hydrogens (tertiary/aromatic N) is 2. The van der Waals surface area contributed by atoms with E-state index in [0.29, 0.717) is 29.3 Å². The van der Waals surface area contributed by atoms with Gasteiger partial charge in [0.25, 0.3) is 5.91 Å². The Balaban J connectivity index is 1.86. The summed E-state index contributed by atoms with van der Waals surface area (Å²) in [6.45, 7) is 0.407. The first-order valence-electron chi connectivity index (χ1n) is 7.33. The molecule has 2 aromatic rings. The molecule has 0 saturated carbocycles. The highest BCUT2D eigenvalue weighted by atomic mass is 35.5. The van der Waals surface area contributed by atoms with E-state index in [4.69, 9.17) is 16.1 Å². The minimum Gasteiger partial charge on any atom is -0.480 e. The molecule has 1 atom stereocenters. The second-order valence-electron chi connectivity index (χ2n) is 5.40. The molecule has 1 aliphatic rings. The topological polar surface area (TPSA) is 83.6 Å². The first kappa shape index (κ1) is 15.6. The van der Waals surface area contributed by atoms with Crippen molar-refractivity contribution in [3.05, 3.63) is 41.0 Å². The molecule has 1 aliphatic heterocycles. The molecule has 1 saturated heterocycles. The van der Waals surface area contributed by atoms with Crippen molar-refractivity contribution in [2.45, 2.75) is 25.3 Å². The van der Waals surface area contributed by atoms with Crippen molar-refractivity contribution in [3.8, 4) is 11.3 Å². The van der Waals surface area contributed by atoms with Gasteiger partial charge >= 0.3 is 5.97 Å². The van der Waals surface area contributed by atoms with E-state index in [-0.39, 0.29) is 5.69 Å². The normalized spacial score (nSPS) is 18.0. The van der Waals surface area contributed by atoms with E-state index in [1.807, 2.05) is 0 Å². The van der Waals surface area contributed by atoms with Crippen LogP contribution in [0.1, 0.15) is 29.8 Å². The summed E-state index contributed by atoms with van der Waals surface area (Å²) < 4.78 is 5.21. The number of aromatic nitrogens is 1. The van der Waals surface area contributed by atoms with Crippen molar-refractivity contribution in [1.29, 1.82) is 0 Å². The summed E-state index contributed by atoms with van der Waals surface area (Å²) in [6, 6.07) is 7.76. The predicted molar refractivity (Wildman–Crippen MR) is 83.3 cm³/mol. The van der Waals surface area contributed by atoms with Gasteiger partial charge in [-0.15, -0.1) is 0 Å². The fourth-order valence-electron chi connectivity index (χ4n) is 2.74. The van der Waals surface area contributed by atoms with Crippen LogP contribution in [0.15, 0.2) is 34.9 Å². The number of hydrogen-bond donors (Lipinski definition) is 1. The smallest absolute Gasteiger partial charge is 0.326 e. The molecule has 120 valence electrons. The van der Waals surface area contributed by atoms with Gasteiger partial charge in [0.05, 0.1) is 5.02 Å². The molecular weight excluding hydrogens is 320 g/mol. The molecule has 0 bridgehead atoms. The van der Waals surface area contributed by atoms with Crippen LogP contribution in [0.2, 0.25) is 5.02 Å². The van der Waals surface area contributed by atoms with Gasteiger partial charge < -0.3 is 14.5 Å². The largest absolute Gasteiger partial charge is 0.480 e. The highest BCUT2D eigenvalue weighted by Crippen LogP contribution is 2.29. The van der Waals surface area contributed by atoms with Crippen molar-refractivity contribution in [1.82, 2.24) is 10.1 Å². The standard InChI is InChI=1S/C16H15ClN2O4/c17-11-6-2-1-5-10(11)14-9-12(18-23-14)15(20)19-8-4-3-7-13(19)16(21)22/h1-2,5-6,9,13H,3-4,7-8H2,(H,21,22). The highest BCUT2D eigenvalue weighted by molar-refractivity contribution is 6.33. The molecule has 1 aromatic heterocycles. The molecule has 3 rings (SSSR count). The molecule has 0 radical (unpaired) electrons. The van der Waals surface area contributed by atoms with Gasteiger partial charge in [0, 0.05) is 18.2 Å². The lowest BCUT2D eigenvalue weighted by molar-refractivity contribution is -0.143. The maximum Gasteiger partial charge on any atom is 0.326 e. The van der Waals surface area contributed by atoms with Crippen LogP contribution in [-0.2, 0) is 4.79 Å². The molecule has 1 amide bonds. The van der Waals surface area contributed by atoms with Gasteiger partial charge in [-0.2, -0.15) is 0 Å². The molecule has 0 aliphatic carbocycles. The Morgan fingerprint density at radius 3 is 2.83 bits per heavy atom. The number of amides is 1. The first-order valence-corrected chi connectivity index (χ1v) is 7.71. The number of likely N-dealkylation sites (tertiary alicyclic amines) is 1. The molecule has 23 heavy (non-hydrogen) atoms. The molecule has 1 fully saturated rings. The summed E-state index contributed by atoms with van der Waals surface area (Å²) in [5.74, 6) is -1.05. The van der Waals surface area contributed by atoms with Gasteiger partial charge in [0.15, 0.2) is 11.5 Å². The van der Waals surface area contributed by atoms with Crippen LogP contribution >= 0.6 is 11.6 Å². The minimum absolute atomic E-state index is 0.0908. The number of rotatable bonds is 3. The minimum atomic E-state index is -0.993. The molecule has 7 heteroatoms. The van der Waals surface area contributed by atoms with Crippen molar-refractivity contribution in [2.24, 2.45) is 0 Å². The van der Waals surface area contributed by atoms with Gasteiger partial charge in [0.1, 0.15) is 6.04 Å². The Bertz CT molecular complexity index is 743. The first-order chi connectivity index (χ1) is 11.1. The van der Waals surface area contributed by atoms with Crippen LogP contribution in [-0.4, -0.2) is 39.6 Å². The summed E-state index contributed by atoms with van der Waals surface area (Å²) in [5, 5.41) is 13.5. The number of hydrogen-bond acceptors (Lipinski definition) is 4. The Morgan fingerprint density at radius 1 is 1.30 bits per heavy atom. The summed E-state index contributed by atoms with van der Waals surface area (Å²) >= 11 is 6.10. The summed E-state index contributed by atoms with van der Waals surface area (Å²) in [5.41, 5.74) is 0.724. The number of benzene rings is 1. The van der Waals surface area contributed by atoms with E-state index < -0.39 is 17.9 Å². The summed E-state index contributed by atoms with van der Waals surface area (Å²) in [4.78, 5) is 25.2. The zero-order valence-corrected chi connectivity index (χ0v) is 13.0. The van der Waals surface area contributed by atoms with E-state index in [2.05, 4.69) is 5.16 Å². The number of carboxylic acid groups (broad SMARTS) is 1. The summed E-state index contributed by atoms with van der Waals surface area (Å²) in [7, 11) is 0. The number of carboxylic acids is 1. The number of carbonyl (C=O) groups is 2. The molecule has 0 spiro atoms. The van der Waals surface area contributed by atoms with Crippen LogP contribution in [0, 0.1) is 0 Å². The Labute approximate surface area is 137 Å². The SMILES string of the molecule is O=C(O)C1CCCCN1C(=O)c1cc(-c2ccccc2Cl)on1.